The van der Waals surface area contributed by atoms with Crippen LogP contribution in [-0.2, 0) is 0 Å². The van der Waals surface area contributed by atoms with E-state index in [0.717, 1.165) is 19.3 Å². The maximum absolute atomic E-state index is 4.29. The van der Waals surface area contributed by atoms with E-state index in [1.165, 1.54) is 27.9 Å². The summed E-state index contributed by atoms with van der Waals surface area (Å²) in [6, 6.07) is 0. The quantitative estimate of drug-likeness (QED) is 0.498. The van der Waals surface area contributed by atoms with Gasteiger partial charge in [-0.05, 0) is 61.0 Å². The first-order chi connectivity index (χ1) is 9.65. The molecular weight excluding hydrogens is 240 g/mol. The summed E-state index contributed by atoms with van der Waals surface area (Å²) >= 11 is 0. The molecule has 1 aliphatic rings. The predicted molar refractivity (Wildman–Crippen MR) is 93.9 cm³/mol. The van der Waals surface area contributed by atoms with Gasteiger partial charge in [0.1, 0.15) is 0 Å². The molecule has 0 aliphatic heterocycles. The van der Waals surface area contributed by atoms with Crippen LogP contribution in [0, 0.1) is 0 Å². The van der Waals surface area contributed by atoms with Crippen LogP contribution < -0.4 is 0 Å². The van der Waals surface area contributed by atoms with E-state index in [-0.39, 0.29) is 0 Å². The second-order valence-corrected chi connectivity index (χ2v) is 4.58. The van der Waals surface area contributed by atoms with Gasteiger partial charge in [0.05, 0.1) is 0 Å². The van der Waals surface area contributed by atoms with Crippen molar-refractivity contribution in [2.45, 2.75) is 53.9 Å². The summed E-state index contributed by atoms with van der Waals surface area (Å²) < 4.78 is 0. The average Bonchev–Trinajstić information content (AvgIpc) is 2.58. The minimum atomic E-state index is 1.05. The molecule has 0 saturated carbocycles. The average molecular weight is 270 g/mol. The lowest BCUT2D eigenvalue weighted by molar-refractivity contribution is 0.953. The third-order valence-electron chi connectivity index (χ3n) is 3.50. The van der Waals surface area contributed by atoms with Crippen molar-refractivity contribution in [1.82, 2.24) is 0 Å². The molecule has 0 bridgehead atoms. The van der Waals surface area contributed by atoms with Gasteiger partial charge >= 0.3 is 0 Å². The van der Waals surface area contributed by atoms with Crippen LogP contribution in [0.3, 0.4) is 0 Å². The van der Waals surface area contributed by atoms with Crippen molar-refractivity contribution in [2.24, 2.45) is 0 Å². The number of allylic oxidation sites excluding steroid dienone is 10. The van der Waals surface area contributed by atoms with Gasteiger partial charge < -0.3 is 0 Å². The molecule has 1 aliphatic carbocycles. The molecule has 0 atom stereocenters. The first-order valence-electron chi connectivity index (χ1n) is 7.68. The summed E-state index contributed by atoms with van der Waals surface area (Å²) in [5.41, 5.74) is 6.75. The van der Waals surface area contributed by atoms with Crippen LogP contribution >= 0.6 is 0 Å². The molecule has 0 aromatic rings. The maximum atomic E-state index is 4.29. The van der Waals surface area contributed by atoms with Gasteiger partial charge in [0.15, 0.2) is 0 Å². The fraction of sp³-hybridized carbons (Fsp3) is 0.400. The summed E-state index contributed by atoms with van der Waals surface area (Å²) in [6.45, 7) is 18.5. The van der Waals surface area contributed by atoms with Crippen LogP contribution in [0.25, 0.3) is 0 Å². The Morgan fingerprint density at radius 1 is 1.10 bits per heavy atom. The molecule has 0 aromatic heterocycles. The molecular formula is C20H30. The van der Waals surface area contributed by atoms with E-state index >= 15 is 0 Å². The summed E-state index contributed by atoms with van der Waals surface area (Å²) in [6.07, 6.45) is 13.6. The van der Waals surface area contributed by atoms with E-state index in [9.17, 15) is 0 Å². The third kappa shape index (κ3) is 4.85. The van der Waals surface area contributed by atoms with E-state index in [1.807, 2.05) is 26.0 Å². The first kappa shape index (κ1) is 18.4. The highest BCUT2D eigenvalue weighted by molar-refractivity contribution is 5.54. The Bertz CT molecular complexity index is 450. The molecule has 20 heavy (non-hydrogen) atoms. The van der Waals surface area contributed by atoms with Gasteiger partial charge in [-0.15, -0.1) is 0 Å². The summed E-state index contributed by atoms with van der Waals surface area (Å²) in [4.78, 5) is 0. The minimum absolute atomic E-state index is 1.05. The largest absolute Gasteiger partial charge is 0.0991 e. The van der Waals surface area contributed by atoms with Gasteiger partial charge in [-0.25, -0.2) is 0 Å². The molecule has 0 N–H and O–H groups in total. The predicted octanol–water partition coefficient (Wildman–Crippen LogP) is 6.70. The molecule has 110 valence electrons. The fourth-order valence-electron chi connectivity index (χ4n) is 2.44. The highest BCUT2D eigenvalue weighted by Gasteiger charge is 2.15. The van der Waals surface area contributed by atoms with Crippen molar-refractivity contribution in [1.29, 1.82) is 0 Å². The van der Waals surface area contributed by atoms with Gasteiger partial charge in [-0.2, -0.15) is 0 Å². The fourth-order valence-corrected chi connectivity index (χ4v) is 2.44. The van der Waals surface area contributed by atoms with Crippen LogP contribution in [0.2, 0.25) is 0 Å². The number of hydrogen-bond acceptors (Lipinski definition) is 0. The molecule has 0 amide bonds. The Labute approximate surface area is 126 Å². The smallest absolute Gasteiger partial charge is 0.0235 e. The summed E-state index contributed by atoms with van der Waals surface area (Å²) in [5, 5.41) is 0. The van der Waals surface area contributed by atoms with Crippen LogP contribution in [0.5, 0.6) is 0 Å². The zero-order valence-corrected chi connectivity index (χ0v) is 13.9. The van der Waals surface area contributed by atoms with Crippen molar-refractivity contribution < 1.29 is 0 Å². The van der Waals surface area contributed by atoms with E-state index in [2.05, 4.69) is 52.2 Å². The van der Waals surface area contributed by atoms with Gasteiger partial charge in [0, 0.05) is 0 Å². The van der Waals surface area contributed by atoms with Gasteiger partial charge in [-0.1, -0.05) is 64.3 Å². The minimum Gasteiger partial charge on any atom is -0.0991 e. The Morgan fingerprint density at radius 2 is 1.70 bits per heavy atom. The molecule has 1 rings (SSSR count). The second kappa shape index (κ2) is 10.3. The monoisotopic (exact) mass is 270 g/mol. The zero-order valence-electron chi connectivity index (χ0n) is 13.9. The Balaban J connectivity index is 0.00000172. The molecule has 0 saturated heterocycles. The standard InChI is InChI=1S/C18H24.C2H6/c1-6-9-11-16-12-13-17(10-7-2)18(8-3)15(5)14(16)4;1-2/h6-7,9-11H,1,5,8,12-13H2,2-4H3;1-2H3/b10-7-,11-9-;. The maximum Gasteiger partial charge on any atom is -0.0235 e. The van der Waals surface area contributed by atoms with Gasteiger partial charge in [0.2, 0.25) is 0 Å². The molecule has 0 nitrogen and oxygen atoms in total. The van der Waals surface area contributed by atoms with Crippen molar-refractivity contribution in [3.05, 3.63) is 71.4 Å². The highest BCUT2D eigenvalue weighted by atomic mass is 14.2. The molecule has 0 spiro atoms. The molecule has 0 unspecified atom stereocenters. The molecule has 0 heteroatoms. The van der Waals surface area contributed by atoms with Gasteiger partial charge in [-0.3, -0.25) is 0 Å². The summed E-state index contributed by atoms with van der Waals surface area (Å²) in [5.74, 6) is 0. The van der Waals surface area contributed by atoms with Gasteiger partial charge in [0.25, 0.3) is 0 Å². The Hall–Kier alpha value is -1.56. The molecule has 0 heterocycles. The first-order valence-corrected chi connectivity index (χ1v) is 7.68. The Morgan fingerprint density at radius 3 is 2.20 bits per heavy atom. The number of hydrogen-bond donors (Lipinski definition) is 0. The second-order valence-electron chi connectivity index (χ2n) is 4.58. The lowest BCUT2D eigenvalue weighted by Crippen LogP contribution is -1.92. The van der Waals surface area contributed by atoms with Crippen molar-refractivity contribution >= 4 is 0 Å². The highest BCUT2D eigenvalue weighted by Crippen LogP contribution is 2.34. The molecule has 0 aromatic carbocycles. The lowest BCUT2D eigenvalue weighted by Gasteiger charge is -2.11. The Kier molecular flexibility index (Phi) is 9.45. The van der Waals surface area contributed by atoms with E-state index in [1.54, 1.807) is 0 Å². The normalized spacial score (nSPS) is 16.6. The van der Waals surface area contributed by atoms with Crippen LogP contribution in [0.1, 0.15) is 53.9 Å². The third-order valence-corrected chi connectivity index (χ3v) is 3.50. The van der Waals surface area contributed by atoms with Crippen LogP contribution in [0.4, 0.5) is 0 Å². The van der Waals surface area contributed by atoms with E-state index in [4.69, 9.17) is 0 Å². The zero-order chi connectivity index (χ0) is 15.5. The topological polar surface area (TPSA) is 0 Å². The SMILES string of the molecule is C=C/C=C\C1=C(C)C(=C)C(CC)=C(/C=C\C)CC1.CC. The van der Waals surface area contributed by atoms with Crippen molar-refractivity contribution in [3.63, 3.8) is 0 Å². The van der Waals surface area contributed by atoms with Crippen molar-refractivity contribution in [2.75, 3.05) is 0 Å². The summed E-state index contributed by atoms with van der Waals surface area (Å²) in [7, 11) is 0. The molecule has 0 fully saturated rings. The number of rotatable bonds is 4. The van der Waals surface area contributed by atoms with E-state index in [0.29, 0.717) is 0 Å². The molecule has 0 radical (unpaired) electrons. The van der Waals surface area contributed by atoms with Crippen molar-refractivity contribution in [3.8, 4) is 0 Å². The van der Waals surface area contributed by atoms with E-state index < -0.39 is 0 Å². The van der Waals surface area contributed by atoms with Crippen LogP contribution in [-0.4, -0.2) is 0 Å². The lowest BCUT2D eigenvalue weighted by atomic mass is 9.94. The van der Waals surface area contributed by atoms with Crippen LogP contribution in [0.15, 0.2) is 71.4 Å².